The zero-order valence-electron chi connectivity index (χ0n) is 11.5. The summed E-state index contributed by atoms with van der Waals surface area (Å²) in [6.45, 7) is 2.02. The molecule has 0 radical (unpaired) electrons. The Labute approximate surface area is 122 Å². The number of benzene rings is 2. The van der Waals surface area contributed by atoms with Crippen molar-refractivity contribution in [2.45, 2.75) is 6.92 Å². The third-order valence-electron chi connectivity index (χ3n) is 3.07. The van der Waals surface area contributed by atoms with E-state index >= 15 is 0 Å². The number of carbonyl (C=O) groups excluding carboxylic acids is 1. The standard InChI is InChI=1S/C16H14N4O/c1-11-7-9-12(10-8-11)14-17-16(20-19-14)18-15(21)13-5-3-2-4-6-13/h2-10H,1H3,(H2,17,18,19,20,21). The largest absolute Gasteiger partial charge is 0.289 e. The van der Waals surface area contributed by atoms with Gasteiger partial charge >= 0.3 is 0 Å². The van der Waals surface area contributed by atoms with Gasteiger partial charge in [-0.15, -0.1) is 5.10 Å². The molecule has 0 unspecified atom stereocenters. The Morgan fingerprint density at radius 2 is 1.76 bits per heavy atom. The molecule has 0 saturated heterocycles. The summed E-state index contributed by atoms with van der Waals surface area (Å²) in [5.74, 6) is 0.655. The molecule has 2 aromatic carbocycles. The van der Waals surface area contributed by atoms with Gasteiger partial charge in [0.15, 0.2) is 5.82 Å². The summed E-state index contributed by atoms with van der Waals surface area (Å²) in [5, 5.41) is 9.50. The van der Waals surface area contributed by atoms with E-state index in [1.807, 2.05) is 49.4 Å². The zero-order valence-corrected chi connectivity index (χ0v) is 11.5. The second-order valence-electron chi connectivity index (χ2n) is 4.69. The van der Waals surface area contributed by atoms with E-state index in [4.69, 9.17) is 0 Å². The van der Waals surface area contributed by atoms with Crippen LogP contribution in [-0.4, -0.2) is 21.1 Å². The van der Waals surface area contributed by atoms with Crippen LogP contribution in [0.4, 0.5) is 5.95 Å². The fourth-order valence-electron chi connectivity index (χ4n) is 1.92. The summed E-state index contributed by atoms with van der Waals surface area (Å²) < 4.78 is 0. The van der Waals surface area contributed by atoms with Crippen LogP contribution in [0, 0.1) is 6.92 Å². The number of rotatable bonds is 3. The molecule has 5 heteroatoms. The minimum Gasteiger partial charge on any atom is -0.289 e. The number of aromatic nitrogens is 3. The van der Waals surface area contributed by atoms with Crippen molar-refractivity contribution in [2.24, 2.45) is 0 Å². The molecule has 0 aliphatic carbocycles. The molecule has 1 aromatic heterocycles. The molecule has 104 valence electrons. The summed E-state index contributed by atoms with van der Waals surface area (Å²) >= 11 is 0. The summed E-state index contributed by atoms with van der Waals surface area (Å²) in [6.07, 6.45) is 0. The number of carbonyl (C=O) groups is 1. The Morgan fingerprint density at radius 3 is 2.48 bits per heavy atom. The zero-order chi connectivity index (χ0) is 14.7. The third kappa shape index (κ3) is 2.97. The number of anilines is 1. The lowest BCUT2D eigenvalue weighted by Crippen LogP contribution is -2.12. The molecule has 0 bridgehead atoms. The Hall–Kier alpha value is -2.95. The second kappa shape index (κ2) is 5.58. The molecule has 1 amide bonds. The fraction of sp³-hybridized carbons (Fsp3) is 0.0625. The summed E-state index contributed by atoms with van der Waals surface area (Å²) in [6, 6.07) is 16.9. The van der Waals surface area contributed by atoms with Crippen molar-refractivity contribution in [3.05, 3.63) is 65.7 Å². The van der Waals surface area contributed by atoms with Gasteiger partial charge in [0.1, 0.15) is 0 Å². The van der Waals surface area contributed by atoms with Crippen molar-refractivity contribution in [1.29, 1.82) is 0 Å². The second-order valence-corrected chi connectivity index (χ2v) is 4.69. The molecular weight excluding hydrogens is 264 g/mol. The lowest BCUT2D eigenvalue weighted by Gasteiger charge is -1.99. The maximum Gasteiger partial charge on any atom is 0.258 e. The van der Waals surface area contributed by atoms with E-state index < -0.39 is 0 Å². The molecule has 3 aromatic rings. The first-order valence-electron chi connectivity index (χ1n) is 6.58. The maximum absolute atomic E-state index is 12.0. The molecular formula is C16H14N4O. The number of amides is 1. The topological polar surface area (TPSA) is 70.7 Å². The predicted molar refractivity (Wildman–Crippen MR) is 81.0 cm³/mol. The van der Waals surface area contributed by atoms with Crippen LogP contribution in [0.1, 0.15) is 15.9 Å². The van der Waals surface area contributed by atoms with Crippen LogP contribution in [0.15, 0.2) is 54.6 Å². The fourth-order valence-corrected chi connectivity index (χ4v) is 1.92. The van der Waals surface area contributed by atoms with Crippen LogP contribution < -0.4 is 5.32 Å². The van der Waals surface area contributed by atoms with Gasteiger partial charge in [0.25, 0.3) is 5.91 Å². The van der Waals surface area contributed by atoms with Gasteiger partial charge in [-0.2, -0.15) is 4.98 Å². The first-order chi connectivity index (χ1) is 10.2. The number of nitrogens with one attached hydrogen (secondary N) is 2. The van der Waals surface area contributed by atoms with E-state index in [0.717, 1.165) is 5.56 Å². The molecule has 2 N–H and O–H groups in total. The number of aryl methyl sites for hydroxylation is 1. The smallest absolute Gasteiger partial charge is 0.258 e. The van der Waals surface area contributed by atoms with Crippen molar-refractivity contribution >= 4 is 11.9 Å². The lowest BCUT2D eigenvalue weighted by atomic mass is 10.1. The van der Waals surface area contributed by atoms with Gasteiger partial charge in [-0.1, -0.05) is 48.0 Å². The highest BCUT2D eigenvalue weighted by Gasteiger charge is 2.10. The van der Waals surface area contributed by atoms with Crippen LogP contribution in [0.25, 0.3) is 11.4 Å². The van der Waals surface area contributed by atoms with E-state index in [-0.39, 0.29) is 11.9 Å². The average molecular weight is 278 g/mol. The Bertz CT molecular complexity index is 747. The van der Waals surface area contributed by atoms with Gasteiger partial charge in [-0.3, -0.25) is 15.2 Å². The highest BCUT2D eigenvalue weighted by atomic mass is 16.1. The first kappa shape index (κ1) is 13.1. The van der Waals surface area contributed by atoms with Crippen molar-refractivity contribution < 1.29 is 4.79 Å². The summed E-state index contributed by atoms with van der Waals surface area (Å²) in [4.78, 5) is 16.3. The highest BCUT2D eigenvalue weighted by molar-refractivity contribution is 6.03. The average Bonchev–Trinajstić information content (AvgIpc) is 2.97. The van der Waals surface area contributed by atoms with Crippen molar-refractivity contribution in [3.8, 4) is 11.4 Å². The van der Waals surface area contributed by atoms with Crippen LogP contribution in [0.2, 0.25) is 0 Å². The number of hydrogen-bond donors (Lipinski definition) is 2. The highest BCUT2D eigenvalue weighted by Crippen LogP contribution is 2.16. The van der Waals surface area contributed by atoms with Gasteiger partial charge < -0.3 is 0 Å². The van der Waals surface area contributed by atoms with E-state index in [0.29, 0.717) is 11.4 Å². The number of H-pyrrole nitrogens is 1. The summed E-state index contributed by atoms with van der Waals surface area (Å²) in [5.41, 5.74) is 2.67. The summed E-state index contributed by atoms with van der Waals surface area (Å²) in [7, 11) is 0. The number of nitrogens with zero attached hydrogens (tertiary/aromatic N) is 2. The molecule has 0 spiro atoms. The lowest BCUT2D eigenvalue weighted by molar-refractivity contribution is 0.102. The van der Waals surface area contributed by atoms with Crippen molar-refractivity contribution in [2.75, 3.05) is 5.32 Å². The molecule has 0 saturated carbocycles. The molecule has 0 aliphatic rings. The van der Waals surface area contributed by atoms with Crippen LogP contribution >= 0.6 is 0 Å². The van der Waals surface area contributed by atoms with Gasteiger partial charge in [-0.25, -0.2) is 0 Å². The van der Waals surface area contributed by atoms with Gasteiger partial charge in [0.2, 0.25) is 5.95 Å². The Morgan fingerprint density at radius 1 is 1.05 bits per heavy atom. The van der Waals surface area contributed by atoms with E-state index in [1.165, 1.54) is 5.56 Å². The van der Waals surface area contributed by atoms with Crippen LogP contribution in [-0.2, 0) is 0 Å². The van der Waals surface area contributed by atoms with Gasteiger partial charge in [0, 0.05) is 11.1 Å². The van der Waals surface area contributed by atoms with Crippen molar-refractivity contribution in [1.82, 2.24) is 15.2 Å². The quantitative estimate of drug-likeness (QED) is 0.773. The van der Waals surface area contributed by atoms with Crippen LogP contribution in [0.5, 0.6) is 0 Å². The van der Waals surface area contributed by atoms with E-state index in [9.17, 15) is 4.79 Å². The van der Waals surface area contributed by atoms with Crippen molar-refractivity contribution in [3.63, 3.8) is 0 Å². The first-order valence-corrected chi connectivity index (χ1v) is 6.58. The number of hydrogen-bond acceptors (Lipinski definition) is 3. The van der Waals surface area contributed by atoms with Gasteiger partial charge in [0.05, 0.1) is 0 Å². The minimum atomic E-state index is -0.231. The monoisotopic (exact) mass is 278 g/mol. The number of aromatic amines is 1. The molecule has 0 fully saturated rings. The normalized spacial score (nSPS) is 10.3. The maximum atomic E-state index is 12.0. The molecule has 21 heavy (non-hydrogen) atoms. The molecule has 5 nitrogen and oxygen atoms in total. The molecule has 0 atom stereocenters. The minimum absolute atomic E-state index is 0.231. The van der Waals surface area contributed by atoms with E-state index in [2.05, 4.69) is 20.5 Å². The molecule has 1 heterocycles. The molecule has 0 aliphatic heterocycles. The Balaban J connectivity index is 1.76. The van der Waals surface area contributed by atoms with E-state index in [1.54, 1.807) is 12.1 Å². The third-order valence-corrected chi connectivity index (χ3v) is 3.07. The van der Waals surface area contributed by atoms with Gasteiger partial charge in [-0.05, 0) is 19.1 Å². The van der Waals surface area contributed by atoms with Crippen LogP contribution in [0.3, 0.4) is 0 Å². The molecule has 3 rings (SSSR count). The predicted octanol–water partition coefficient (Wildman–Crippen LogP) is 3.03. The Kier molecular flexibility index (Phi) is 3.47. The SMILES string of the molecule is Cc1ccc(-c2nc(NC(=O)c3ccccc3)n[nH]2)cc1.